The molecule has 1 atom stereocenters. The summed E-state index contributed by atoms with van der Waals surface area (Å²) in [4.78, 5) is 4.40. The van der Waals surface area contributed by atoms with Gasteiger partial charge >= 0.3 is 0 Å². The molecule has 0 saturated carbocycles. The third-order valence-corrected chi connectivity index (χ3v) is 4.09. The minimum atomic E-state index is 0.0904. The number of nitrogens with two attached hydrogens (primary N) is 1. The molecule has 3 aromatic rings. The van der Waals surface area contributed by atoms with Crippen molar-refractivity contribution in [1.29, 1.82) is 0 Å². The Bertz CT molecular complexity index is 703. The Morgan fingerprint density at radius 3 is 2.65 bits per heavy atom. The number of hydrogen-bond donors (Lipinski definition) is 1. The van der Waals surface area contributed by atoms with E-state index in [-0.39, 0.29) is 6.04 Å². The average Bonchev–Trinajstić information content (AvgIpc) is 2.85. The molecule has 0 aliphatic heterocycles. The minimum Gasteiger partial charge on any atom is -0.329 e. The fourth-order valence-corrected chi connectivity index (χ4v) is 2.76. The van der Waals surface area contributed by atoms with Crippen LogP contribution in [0.3, 0.4) is 0 Å². The molecule has 4 heteroatoms. The lowest BCUT2D eigenvalue weighted by Crippen LogP contribution is -2.28. The molecule has 0 amide bonds. The molecule has 102 valence electrons. The van der Waals surface area contributed by atoms with Gasteiger partial charge in [0.2, 0.25) is 0 Å². The van der Waals surface area contributed by atoms with Crippen LogP contribution in [0.1, 0.15) is 5.56 Å². The average molecular weight is 377 g/mol. The van der Waals surface area contributed by atoms with Crippen LogP contribution in [0.5, 0.6) is 0 Å². The van der Waals surface area contributed by atoms with E-state index in [1.54, 1.807) is 0 Å². The summed E-state index contributed by atoms with van der Waals surface area (Å²) in [6.45, 7) is 0.784. The summed E-state index contributed by atoms with van der Waals surface area (Å²) in [6, 6.07) is 16.8. The van der Waals surface area contributed by atoms with Crippen molar-refractivity contribution in [2.45, 2.75) is 19.0 Å². The SMILES string of the molecule is NC(Cc1ccc(I)cc1)Cn1cnc2ccccc21. The Morgan fingerprint density at radius 2 is 1.85 bits per heavy atom. The highest BCUT2D eigenvalue weighted by Crippen LogP contribution is 2.13. The molecule has 0 aliphatic rings. The van der Waals surface area contributed by atoms with Crippen LogP contribution >= 0.6 is 22.6 Å². The second kappa shape index (κ2) is 5.93. The lowest BCUT2D eigenvalue weighted by molar-refractivity contribution is 0.559. The maximum Gasteiger partial charge on any atom is 0.0958 e. The van der Waals surface area contributed by atoms with E-state index in [2.05, 4.69) is 62.5 Å². The summed E-state index contributed by atoms with van der Waals surface area (Å²) in [7, 11) is 0. The van der Waals surface area contributed by atoms with E-state index in [0.717, 1.165) is 24.0 Å². The van der Waals surface area contributed by atoms with Crippen molar-refractivity contribution in [3.63, 3.8) is 0 Å². The van der Waals surface area contributed by atoms with Gasteiger partial charge in [0.1, 0.15) is 0 Å². The molecular formula is C16H16IN3. The number of hydrogen-bond acceptors (Lipinski definition) is 2. The van der Waals surface area contributed by atoms with Crippen LogP contribution in [0.25, 0.3) is 11.0 Å². The van der Waals surface area contributed by atoms with E-state index in [1.807, 2.05) is 24.5 Å². The van der Waals surface area contributed by atoms with Crippen LogP contribution in [0, 0.1) is 3.57 Å². The van der Waals surface area contributed by atoms with E-state index in [4.69, 9.17) is 5.73 Å². The highest BCUT2D eigenvalue weighted by atomic mass is 127. The van der Waals surface area contributed by atoms with Crippen molar-refractivity contribution >= 4 is 33.6 Å². The van der Waals surface area contributed by atoms with Crippen LogP contribution in [-0.4, -0.2) is 15.6 Å². The normalized spacial score (nSPS) is 12.7. The number of para-hydroxylation sites is 2. The van der Waals surface area contributed by atoms with Gasteiger partial charge in [0, 0.05) is 16.2 Å². The Balaban J connectivity index is 1.72. The number of fused-ring (bicyclic) bond motifs is 1. The molecule has 0 spiro atoms. The second-order valence-corrected chi connectivity index (χ2v) is 6.22. The van der Waals surface area contributed by atoms with Gasteiger partial charge in [0.15, 0.2) is 0 Å². The number of benzene rings is 2. The monoisotopic (exact) mass is 377 g/mol. The first-order valence-corrected chi connectivity index (χ1v) is 7.70. The van der Waals surface area contributed by atoms with Crippen LogP contribution in [0.2, 0.25) is 0 Å². The van der Waals surface area contributed by atoms with Crippen molar-refractivity contribution in [3.8, 4) is 0 Å². The van der Waals surface area contributed by atoms with Crippen molar-refractivity contribution in [3.05, 3.63) is 64.0 Å². The van der Waals surface area contributed by atoms with E-state index in [0.29, 0.717) is 0 Å². The third-order valence-electron chi connectivity index (χ3n) is 3.37. The molecule has 0 aliphatic carbocycles. The maximum atomic E-state index is 6.28. The van der Waals surface area contributed by atoms with Crippen molar-refractivity contribution in [2.24, 2.45) is 5.73 Å². The fraction of sp³-hybridized carbons (Fsp3) is 0.188. The predicted molar refractivity (Wildman–Crippen MR) is 90.6 cm³/mol. The summed E-state index contributed by atoms with van der Waals surface area (Å²) in [5.74, 6) is 0. The van der Waals surface area contributed by atoms with Crippen molar-refractivity contribution in [2.75, 3.05) is 0 Å². The Morgan fingerprint density at radius 1 is 1.10 bits per heavy atom. The molecule has 0 bridgehead atoms. The zero-order valence-corrected chi connectivity index (χ0v) is 13.2. The van der Waals surface area contributed by atoms with E-state index in [9.17, 15) is 0 Å². The third kappa shape index (κ3) is 3.02. The van der Waals surface area contributed by atoms with E-state index < -0.39 is 0 Å². The molecule has 1 aromatic heterocycles. The highest BCUT2D eigenvalue weighted by molar-refractivity contribution is 14.1. The fourth-order valence-electron chi connectivity index (χ4n) is 2.40. The Kier molecular flexibility index (Phi) is 4.03. The molecule has 1 heterocycles. The standard InChI is InChI=1S/C16H16IN3/c17-13-7-5-12(6-8-13)9-14(18)10-20-11-19-15-3-1-2-4-16(15)20/h1-8,11,14H,9-10,18H2. The molecule has 3 nitrogen and oxygen atoms in total. The number of imidazole rings is 1. The van der Waals surface area contributed by atoms with Gasteiger partial charge in [-0.3, -0.25) is 0 Å². The van der Waals surface area contributed by atoms with Crippen LogP contribution < -0.4 is 5.73 Å². The molecule has 0 saturated heterocycles. The Labute approximate surface area is 132 Å². The summed E-state index contributed by atoms with van der Waals surface area (Å²) < 4.78 is 3.38. The first-order chi connectivity index (χ1) is 9.72. The van der Waals surface area contributed by atoms with Crippen LogP contribution in [-0.2, 0) is 13.0 Å². The predicted octanol–water partition coefficient (Wildman–Crippen LogP) is 3.21. The summed E-state index contributed by atoms with van der Waals surface area (Å²) in [5.41, 5.74) is 9.72. The topological polar surface area (TPSA) is 43.8 Å². The molecule has 2 N–H and O–H groups in total. The van der Waals surface area contributed by atoms with E-state index in [1.165, 1.54) is 9.13 Å². The number of rotatable bonds is 4. The summed E-state index contributed by atoms with van der Waals surface area (Å²) >= 11 is 2.31. The van der Waals surface area contributed by atoms with Gasteiger partial charge in [-0.1, -0.05) is 24.3 Å². The smallest absolute Gasteiger partial charge is 0.0958 e. The Hall–Kier alpha value is -1.40. The number of aromatic nitrogens is 2. The quantitative estimate of drug-likeness (QED) is 0.710. The lowest BCUT2D eigenvalue weighted by Gasteiger charge is -2.13. The molecular weight excluding hydrogens is 361 g/mol. The molecule has 2 aromatic carbocycles. The van der Waals surface area contributed by atoms with Gasteiger partial charge in [0.05, 0.1) is 17.4 Å². The van der Waals surface area contributed by atoms with Crippen LogP contribution in [0.4, 0.5) is 0 Å². The van der Waals surface area contributed by atoms with Gasteiger partial charge in [-0.25, -0.2) is 4.98 Å². The van der Waals surface area contributed by atoms with Gasteiger partial charge in [-0.05, 0) is 58.8 Å². The molecule has 3 rings (SSSR count). The zero-order valence-electron chi connectivity index (χ0n) is 11.0. The van der Waals surface area contributed by atoms with Gasteiger partial charge in [-0.15, -0.1) is 0 Å². The van der Waals surface area contributed by atoms with Gasteiger partial charge < -0.3 is 10.3 Å². The molecule has 1 unspecified atom stereocenters. The van der Waals surface area contributed by atoms with Gasteiger partial charge in [-0.2, -0.15) is 0 Å². The van der Waals surface area contributed by atoms with Crippen LogP contribution in [0.15, 0.2) is 54.9 Å². The lowest BCUT2D eigenvalue weighted by atomic mass is 10.1. The van der Waals surface area contributed by atoms with Gasteiger partial charge in [0.25, 0.3) is 0 Å². The maximum absolute atomic E-state index is 6.28. The molecule has 20 heavy (non-hydrogen) atoms. The highest BCUT2D eigenvalue weighted by Gasteiger charge is 2.08. The largest absolute Gasteiger partial charge is 0.329 e. The first kappa shape index (κ1) is 13.6. The summed E-state index contributed by atoms with van der Waals surface area (Å²) in [5, 5.41) is 0. The summed E-state index contributed by atoms with van der Waals surface area (Å²) in [6.07, 6.45) is 2.75. The van der Waals surface area contributed by atoms with E-state index >= 15 is 0 Å². The molecule has 0 radical (unpaired) electrons. The van der Waals surface area contributed by atoms with Crippen molar-refractivity contribution in [1.82, 2.24) is 9.55 Å². The zero-order chi connectivity index (χ0) is 13.9. The minimum absolute atomic E-state index is 0.0904. The second-order valence-electron chi connectivity index (χ2n) is 4.98. The molecule has 0 fully saturated rings. The number of nitrogens with zero attached hydrogens (tertiary/aromatic N) is 2. The number of halogens is 1. The first-order valence-electron chi connectivity index (χ1n) is 6.62. The van der Waals surface area contributed by atoms with Crippen molar-refractivity contribution < 1.29 is 0 Å².